The zero-order valence-corrected chi connectivity index (χ0v) is 10.7. The maximum Gasteiger partial charge on any atom is 0.225 e. The van der Waals surface area contributed by atoms with E-state index in [1.807, 2.05) is 12.1 Å². The summed E-state index contributed by atoms with van der Waals surface area (Å²) in [5, 5.41) is 6.97. The molecule has 0 aliphatic rings. The van der Waals surface area contributed by atoms with Crippen LogP contribution in [0.4, 0.5) is 5.82 Å². The predicted molar refractivity (Wildman–Crippen MR) is 74.2 cm³/mol. The molecule has 100 valence electrons. The number of carbonyl (C=O) groups is 1. The smallest absolute Gasteiger partial charge is 0.225 e. The lowest BCUT2D eigenvalue weighted by molar-refractivity contribution is -0.116. The largest absolute Gasteiger partial charge is 0.311 e. The van der Waals surface area contributed by atoms with Crippen molar-refractivity contribution in [3.63, 3.8) is 0 Å². The molecule has 3 rings (SSSR count). The molecule has 0 atom stereocenters. The average molecular weight is 267 g/mol. The fraction of sp³-hybridized carbons (Fsp3) is 0.143. The summed E-state index contributed by atoms with van der Waals surface area (Å²) in [5.74, 6) is 0.574. The molecule has 3 heterocycles. The summed E-state index contributed by atoms with van der Waals surface area (Å²) in [5.41, 5.74) is 1.80. The Labute approximate surface area is 115 Å². The van der Waals surface area contributed by atoms with E-state index in [2.05, 4.69) is 20.4 Å². The third kappa shape index (κ3) is 2.64. The molecular formula is C14H13N5O. The van der Waals surface area contributed by atoms with Gasteiger partial charge in [-0.2, -0.15) is 9.61 Å². The molecule has 0 bridgehead atoms. The molecule has 1 N–H and O–H groups in total. The van der Waals surface area contributed by atoms with Crippen molar-refractivity contribution in [2.75, 3.05) is 5.32 Å². The van der Waals surface area contributed by atoms with Crippen LogP contribution in [0.25, 0.3) is 5.65 Å². The highest BCUT2D eigenvalue weighted by Crippen LogP contribution is 2.09. The van der Waals surface area contributed by atoms with E-state index in [-0.39, 0.29) is 5.91 Å². The number of amides is 1. The minimum atomic E-state index is -0.0511. The van der Waals surface area contributed by atoms with Crippen LogP contribution in [0.5, 0.6) is 0 Å². The second-order valence-corrected chi connectivity index (χ2v) is 4.33. The quantitative estimate of drug-likeness (QED) is 0.781. The molecule has 20 heavy (non-hydrogen) atoms. The van der Waals surface area contributed by atoms with E-state index in [0.717, 1.165) is 5.56 Å². The summed E-state index contributed by atoms with van der Waals surface area (Å²) in [6.07, 6.45) is 7.84. The number of nitrogens with zero attached hydrogens (tertiary/aromatic N) is 4. The van der Waals surface area contributed by atoms with Crippen molar-refractivity contribution in [3.05, 3.63) is 54.6 Å². The van der Waals surface area contributed by atoms with E-state index >= 15 is 0 Å². The summed E-state index contributed by atoms with van der Waals surface area (Å²) in [4.78, 5) is 20.1. The number of nitrogens with one attached hydrogen (secondary N) is 1. The van der Waals surface area contributed by atoms with Gasteiger partial charge in [-0.15, -0.1) is 0 Å². The SMILES string of the molecule is O=C(CCc1ccncc1)Nc1ccnc2ccnn12. The van der Waals surface area contributed by atoms with Gasteiger partial charge in [-0.25, -0.2) is 4.98 Å². The highest BCUT2D eigenvalue weighted by atomic mass is 16.1. The Morgan fingerprint density at radius 2 is 1.95 bits per heavy atom. The first-order chi connectivity index (χ1) is 9.83. The standard InChI is InChI=1S/C14H13N5O/c20-14(2-1-11-3-7-15-8-4-11)18-13-5-9-16-12-6-10-17-19(12)13/h3-10H,1-2H2,(H,18,20). The minimum absolute atomic E-state index is 0.0511. The molecule has 0 saturated carbocycles. The molecular weight excluding hydrogens is 254 g/mol. The lowest BCUT2D eigenvalue weighted by atomic mass is 10.1. The fourth-order valence-corrected chi connectivity index (χ4v) is 1.94. The summed E-state index contributed by atoms with van der Waals surface area (Å²) in [6.45, 7) is 0. The number of pyridine rings is 1. The average Bonchev–Trinajstić information content (AvgIpc) is 2.96. The molecule has 6 nitrogen and oxygen atoms in total. The molecule has 0 aromatic carbocycles. The van der Waals surface area contributed by atoms with E-state index in [9.17, 15) is 4.79 Å². The highest BCUT2D eigenvalue weighted by Gasteiger charge is 2.07. The van der Waals surface area contributed by atoms with Crippen molar-refractivity contribution in [1.29, 1.82) is 0 Å². The van der Waals surface area contributed by atoms with E-state index in [4.69, 9.17) is 0 Å². The molecule has 6 heteroatoms. The summed E-state index contributed by atoms with van der Waals surface area (Å²) in [7, 11) is 0. The molecule has 0 spiro atoms. The maximum absolute atomic E-state index is 12.0. The zero-order chi connectivity index (χ0) is 13.8. The van der Waals surface area contributed by atoms with Gasteiger partial charge in [0, 0.05) is 31.1 Å². The van der Waals surface area contributed by atoms with Crippen LogP contribution in [0.15, 0.2) is 49.1 Å². The molecule has 0 unspecified atom stereocenters. The van der Waals surface area contributed by atoms with Crippen molar-refractivity contribution in [2.45, 2.75) is 12.8 Å². The van der Waals surface area contributed by atoms with Gasteiger partial charge in [0.1, 0.15) is 5.82 Å². The van der Waals surface area contributed by atoms with Crippen molar-refractivity contribution >= 4 is 17.4 Å². The topological polar surface area (TPSA) is 72.2 Å². The predicted octanol–water partition coefficient (Wildman–Crippen LogP) is 1.70. The van der Waals surface area contributed by atoms with Crippen LogP contribution in [0.3, 0.4) is 0 Å². The van der Waals surface area contributed by atoms with Crippen molar-refractivity contribution in [3.8, 4) is 0 Å². The maximum atomic E-state index is 12.0. The van der Waals surface area contributed by atoms with Crippen LogP contribution in [0.1, 0.15) is 12.0 Å². The molecule has 3 aromatic heterocycles. The Hall–Kier alpha value is -2.76. The normalized spacial score (nSPS) is 10.6. The number of aryl methyl sites for hydroxylation is 1. The van der Waals surface area contributed by atoms with Gasteiger partial charge in [0.25, 0.3) is 0 Å². The van der Waals surface area contributed by atoms with Gasteiger partial charge in [-0.3, -0.25) is 9.78 Å². The number of fused-ring (bicyclic) bond motifs is 1. The van der Waals surface area contributed by atoms with Gasteiger partial charge in [-0.05, 0) is 30.2 Å². The molecule has 0 saturated heterocycles. The Morgan fingerprint density at radius 1 is 1.10 bits per heavy atom. The fourth-order valence-electron chi connectivity index (χ4n) is 1.94. The first-order valence-corrected chi connectivity index (χ1v) is 6.30. The molecule has 0 fully saturated rings. The van der Waals surface area contributed by atoms with Gasteiger partial charge in [-0.1, -0.05) is 0 Å². The monoisotopic (exact) mass is 267 g/mol. The molecule has 0 aliphatic heterocycles. The van der Waals surface area contributed by atoms with E-state index in [1.54, 1.807) is 41.4 Å². The summed E-state index contributed by atoms with van der Waals surface area (Å²) < 4.78 is 1.60. The zero-order valence-electron chi connectivity index (χ0n) is 10.7. The number of carbonyl (C=O) groups excluding carboxylic acids is 1. The van der Waals surface area contributed by atoms with E-state index in [1.165, 1.54) is 0 Å². The minimum Gasteiger partial charge on any atom is -0.311 e. The summed E-state index contributed by atoms with van der Waals surface area (Å²) in [6, 6.07) is 7.33. The van der Waals surface area contributed by atoms with Crippen molar-refractivity contribution in [2.24, 2.45) is 0 Å². The van der Waals surface area contributed by atoms with Crippen LogP contribution in [-0.4, -0.2) is 25.5 Å². The number of anilines is 1. The van der Waals surface area contributed by atoms with Crippen molar-refractivity contribution in [1.82, 2.24) is 19.6 Å². The van der Waals surface area contributed by atoms with Gasteiger partial charge < -0.3 is 5.32 Å². The van der Waals surface area contributed by atoms with Gasteiger partial charge >= 0.3 is 0 Å². The Morgan fingerprint density at radius 3 is 2.80 bits per heavy atom. The van der Waals surface area contributed by atoms with Crippen LogP contribution in [0.2, 0.25) is 0 Å². The van der Waals surface area contributed by atoms with Crippen molar-refractivity contribution < 1.29 is 4.79 Å². The van der Waals surface area contributed by atoms with E-state index in [0.29, 0.717) is 24.3 Å². The second kappa shape index (κ2) is 5.48. The van der Waals surface area contributed by atoms with Crippen LogP contribution >= 0.6 is 0 Å². The van der Waals surface area contributed by atoms with Crippen LogP contribution in [0, 0.1) is 0 Å². The lowest BCUT2D eigenvalue weighted by Crippen LogP contribution is -2.15. The highest BCUT2D eigenvalue weighted by molar-refractivity contribution is 5.90. The summed E-state index contributed by atoms with van der Waals surface area (Å²) >= 11 is 0. The van der Waals surface area contributed by atoms with E-state index < -0.39 is 0 Å². The third-order valence-electron chi connectivity index (χ3n) is 2.95. The molecule has 0 aliphatic carbocycles. The number of rotatable bonds is 4. The third-order valence-corrected chi connectivity index (χ3v) is 2.95. The lowest BCUT2D eigenvalue weighted by Gasteiger charge is -2.06. The Kier molecular flexibility index (Phi) is 3.36. The first-order valence-electron chi connectivity index (χ1n) is 6.30. The van der Waals surface area contributed by atoms with Gasteiger partial charge in [0.15, 0.2) is 5.65 Å². The Bertz CT molecular complexity index is 723. The molecule has 1 amide bonds. The number of aromatic nitrogens is 4. The van der Waals surface area contributed by atoms with Gasteiger partial charge in [0.05, 0.1) is 6.20 Å². The van der Waals surface area contributed by atoms with Crippen LogP contribution in [-0.2, 0) is 11.2 Å². The number of hydrogen-bond acceptors (Lipinski definition) is 4. The van der Waals surface area contributed by atoms with Gasteiger partial charge in [0.2, 0.25) is 5.91 Å². The number of hydrogen-bond donors (Lipinski definition) is 1. The second-order valence-electron chi connectivity index (χ2n) is 4.33. The van der Waals surface area contributed by atoms with Crippen LogP contribution < -0.4 is 5.32 Å². The molecule has 0 radical (unpaired) electrons. The molecule has 3 aromatic rings. The first kappa shape index (κ1) is 12.3. The Balaban J connectivity index is 1.66.